The smallest absolute Gasteiger partial charge is 0.407 e. The molecule has 0 unspecified atom stereocenters. The van der Waals surface area contributed by atoms with Gasteiger partial charge in [-0.05, 0) is 25.3 Å². The van der Waals surface area contributed by atoms with E-state index in [0.717, 1.165) is 5.56 Å². The third-order valence-corrected chi connectivity index (χ3v) is 3.40. The maximum absolute atomic E-state index is 11.8. The largest absolute Gasteiger partial charge is 0.464 e. The van der Waals surface area contributed by atoms with Gasteiger partial charge in [-0.25, -0.2) is 9.59 Å². The number of carbonyl (C=O) groups is 3. The van der Waals surface area contributed by atoms with E-state index in [4.69, 9.17) is 9.47 Å². The molecule has 0 heterocycles. The summed E-state index contributed by atoms with van der Waals surface area (Å²) in [6.07, 6.45) is 0.413. The number of amides is 2. The molecule has 1 saturated carbocycles. The second-order valence-corrected chi connectivity index (χ2v) is 5.27. The van der Waals surface area contributed by atoms with Gasteiger partial charge in [0.15, 0.2) is 0 Å². The first-order valence-electron chi connectivity index (χ1n) is 7.48. The molecule has 7 nitrogen and oxygen atoms in total. The lowest BCUT2D eigenvalue weighted by molar-refractivity contribution is -0.148. The Morgan fingerprint density at radius 3 is 2.43 bits per heavy atom. The monoisotopic (exact) mass is 320 g/mol. The van der Waals surface area contributed by atoms with Gasteiger partial charge in [0.05, 0.1) is 6.61 Å². The Morgan fingerprint density at radius 1 is 1.13 bits per heavy atom. The summed E-state index contributed by atoms with van der Waals surface area (Å²) < 4.78 is 9.91. The highest BCUT2D eigenvalue weighted by Crippen LogP contribution is 2.36. The van der Waals surface area contributed by atoms with Crippen LogP contribution in [0.15, 0.2) is 30.3 Å². The van der Waals surface area contributed by atoms with Crippen molar-refractivity contribution in [3.05, 3.63) is 35.9 Å². The van der Waals surface area contributed by atoms with Gasteiger partial charge in [0.25, 0.3) is 0 Å². The fourth-order valence-electron chi connectivity index (χ4n) is 2.01. The van der Waals surface area contributed by atoms with E-state index in [-0.39, 0.29) is 19.8 Å². The zero-order valence-electron chi connectivity index (χ0n) is 13.0. The maximum Gasteiger partial charge on any atom is 0.407 e. The van der Waals surface area contributed by atoms with Gasteiger partial charge in [-0.15, -0.1) is 0 Å². The lowest BCUT2D eigenvalue weighted by atomic mass is 10.2. The first-order chi connectivity index (χ1) is 11.1. The van der Waals surface area contributed by atoms with Crippen molar-refractivity contribution in [1.29, 1.82) is 0 Å². The minimum absolute atomic E-state index is 0.126. The highest BCUT2D eigenvalue weighted by Gasteiger charge is 2.52. The molecule has 1 aliphatic carbocycles. The van der Waals surface area contributed by atoms with Crippen molar-refractivity contribution in [2.24, 2.45) is 0 Å². The van der Waals surface area contributed by atoms with Crippen molar-refractivity contribution in [3.63, 3.8) is 0 Å². The fourth-order valence-corrected chi connectivity index (χ4v) is 2.01. The number of ether oxygens (including phenoxy) is 2. The molecular formula is C16H20N2O5. The minimum atomic E-state index is -0.914. The van der Waals surface area contributed by atoms with Crippen molar-refractivity contribution in [3.8, 4) is 0 Å². The molecule has 0 aromatic heterocycles. The van der Waals surface area contributed by atoms with Crippen LogP contribution in [0.25, 0.3) is 0 Å². The molecule has 124 valence electrons. The van der Waals surface area contributed by atoms with Crippen LogP contribution in [0.5, 0.6) is 0 Å². The van der Waals surface area contributed by atoms with E-state index in [2.05, 4.69) is 10.6 Å². The molecule has 23 heavy (non-hydrogen) atoms. The van der Waals surface area contributed by atoms with Crippen LogP contribution in [0.2, 0.25) is 0 Å². The Bertz CT molecular complexity index is 569. The summed E-state index contributed by atoms with van der Waals surface area (Å²) in [5.74, 6) is -0.882. The Kier molecular flexibility index (Phi) is 5.56. The highest BCUT2D eigenvalue weighted by atomic mass is 16.5. The molecule has 2 rings (SSSR count). The van der Waals surface area contributed by atoms with Crippen molar-refractivity contribution in [2.75, 3.05) is 13.2 Å². The van der Waals surface area contributed by atoms with Gasteiger partial charge < -0.3 is 20.1 Å². The molecule has 1 aromatic rings. The van der Waals surface area contributed by atoms with Gasteiger partial charge in [0.2, 0.25) is 5.91 Å². The van der Waals surface area contributed by atoms with E-state index in [1.54, 1.807) is 6.92 Å². The zero-order valence-corrected chi connectivity index (χ0v) is 13.0. The average molecular weight is 320 g/mol. The third-order valence-electron chi connectivity index (χ3n) is 3.40. The molecule has 0 spiro atoms. The SMILES string of the molecule is CCOC(=O)C1(NC(=O)CNC(=O)OCc2ccccc2)CC1. The molecule has 2 amide bonds. The normalized spacial score (nSPS) is 14.5. The Labute approximate surface area is 134 Å². The summed E-state index contributed by atoms with van der Waals surface area (Å²) >= 11 is 0. The number of carbonyl (C=O) groups excluding carboxylic acids is 3. The molecule has 2 N–H and O–H groups in total. The van der Waals surface area contributed by atoms with Gasteiger partial charge in [-0.1, -0.05) is 30.3 Å². The summed E-state index contributed by atoms with van der Waals surface area (Å²) in [6, 6.07) is 9.21. The van der Waals surface area contributed by atoms with E-state index in [9.17, 15) is 14.4 Å². The van der Waals surface area contributed by atoms with Gasteiger partial charge in [-0.2, -0.15) is 0 Å². The standard InChI is InChI=1S/C16H20N2O5/c1-2-22-14(20)16(8-9-16)18-13(19)10-17-15(21)23-11-12-6-4-3-5-7-12/h3-7H,2,8-11H2,1H3,(H,17,21)(H,18,19). The summed E-state index contributed by atoms with van der Waals surface area (Å²) in [5.41, 5.74) is -0.0609. The highest BCUT2D eigenvalue weighted by molar-refractivity contribution is 5.92. The number of hydrogen-bond acceptors (Lipinski definition) is 5. The van der Waals surface area contributed by atoms with E-state index in [1.165, 1.54) is 0 Å². The second-order valence-electron chi connectivity index (χ2n) is 5.27. The van der Waals surface area contributed by atoms with Gasteiger partial charge in [0, 0.05) is 0 Å². The molecule has 1 aromatic carbocycles. The minimum Gasteiger partial charge on any atom is -0.464 e. The average Bonchev–Trinajstić information content (AvgIpc) is 3.33. The number of rotatable bonds is 7. The summed E-state index contributed by atoms with van der Waals surface area (Å²) in [4.78, 5) is 35.0. The first-order valence-corrected chi connectivity index (χ1v) is 7.48. The van der Waals surface area contributed by atoms with E-state index < -0.39 is 23.5 Å². The molecule has 1 aliphatic rings. The molecule has 0 atom stereocenters. The molecular weight excluding hydrogens is 300 g/mol. The van der Waals surface area contributed by atoms with Crippen molar-refractivity contribution >= 4 is 18.0 Å². The van der Waals surface area contributed by atoms with E-state index in [0.29, 0.717) is 12.8 Å². The van der Waals surface area contributed by atoms with Crippen LogP contribution < -0.4 is 10.6 Å². The predicted octanol–water partition coefficient (Wildman–Crippen LogP) is 1.12. The maximum atomic E-state index is 11.8. The van der Waals surface area contributed by atoms with Crippen molar-refractivity contribution in [1.82, 2.24) is 10.6 Å². The second kappa shape index (κ2) is 7.62. The fraction of sp³-hybridized carbons (Fsp3) is 0.438. The number of nitrogens with one attached hydrogen (secondary N) is 2. The molecule has 0 bridgehead atoms. The van der Waals surface area contributed by atoms with Crippen LogP contribution in [0.4, 0.5) is 4.79 Å². The topological polar surface area (TPSA) is 93.7 Å². The zero-order chi connectivity index (χ0) is 16.7. The summed E-state index contributed by atoms with van der Waals surface area (Å²) in [7, 11) is 0. The van der Waals surface area contributed by atoms with Gasteiger partial charge >= 0.3 is 12.1 Å². The van der Waals surface area contributed by atoms with E-state index >= 15 is 0 Å². The Morgan fingerprint density at radius 2 is 1.83 bits per heavy atom. The molecule has 7 heteroatoms. The van der Waals surface area contributed by atoms with Gasteiger partial charge in [-0.3, -0.25) is 4.79 Å². The van der Waals surface area contributed by atoms with Crippen LogP contribution in [0.3, 0.4) is 0 Å². The predicted molar refractivity (Wildman–Crippen MR) is 81.4 cm³/mol. The van der Waals surface area contributed by atoms with Crippen LogP contribution in [0.1, 0.15) is 25.3 Å². The first kappa shape index (κ1) is 16.8. The van der Waals surface area contributed by atoms with Crippen molar-refractivity contribution in [2.45, 2.75) is 31.9 Å². The number of benzene rings is 1. The number of esters is 1. The van der Waals surface area contributed by atoms with Crippen LogP contribution in [-0.2, 0) is 25.7 Å². The molecule has 0 radical (unpaired) electrons. The lowest BCUT2D eigenvalue weighted by Crippen LogP contribution is -2.48. The third kappa shape index (κ3) is 4.98. The Balaban J connectivity index is 1.68. The quantitative estimate of drug-likeness (QED) is 0.734. The summed E-state index contributed by atoms with van der Waals surface area (Å²) in [5, 5.41) is 4.95. The Hall–Kier alpha value is -2.57. The van der Waals surface area contributed by atoms with E-state index in [1.807, 2.05) is 30.3 Å². The number of alkyl carbamates (subject to hydrolysis) is 1. The van der Waals surface area contributed by atoms with Crippen LogP contribution >= 0.6 is 0 Å². The molecule has 0 aliphatic heterocycles. The van der Waals surface area contributed by atoms with Crippen molar-refractivity contribution < 1.29 is 23.9 Å². The summed E-state index contributed by atoms with van der Waals surface area (Å²) in [6.45, 7) is 1.84. The molecule has 0 saturated heterocycles. The number of hydrogen-bond donors (Lipinski definition) is 2. The lowest BCUT2D eigenvalue weighted by Gasteiger charge is -2.15. The van der Waals surface area contributed by atoms with Crippen LogP contribution in [-0.4, -0.2) is 36.7 Å². The van der Waals surface area contributed by atoms with Gasteiger partial charge in [0.1, 0.15) is 18.7 Å². The molecule has 1 fully saturated rings. The van der Waals surface area contributed by atoms with Crippen LogP contribution in [0, 0.1) is 0 Å².